The molecule has 19 heavy (non-hydrogen) atoms. The minimum Gasteiger partial charge on any atom is -0.494 e. The first-order valence-electron chi connectivity index (χ1n) is 6.40. The van der Waals surface area contributed by atoms with E-state index in [1.807, 2.05) is 0 Å². The topological polar surface area (TPSA) is 46.5 Å². The van der Waals surface area contributed by atoms with E-state index in [1.165, 1.54) is 25.3 Å². The molecule has 2 rings (SSSR count). The number of benzene rings is 1. The van der Waals surface area contributed by atoms with Gasteiger partial charge in [-0.25, -0.2) is 9.18 Å². The quantitative estimate of drug-likeness (QED) is 0.847. The van der Waals surface area contributed by atoms with E-state index in [1.54, 1.807) is 6.07 Å². The number of hydrogen-bond donors (Lipinski definition) is 1. The van der Waals surface area contributed by atoms with E-state index in [0.717, 1.165) is 25.7 Å². The van der Waals surface area contributed by atoms with Crippen molar-refractivity contribution in [2.24, 2.45) is 5.92 Å². The van der Waals surface area contributed by atoms with Gasteiger partial charge in [0.15, 0.2) is 11.6 Å². The van der Waals surface area contributed by atoms with Crippen molar-refractivity contribution in [3.63, 3.8) is 0 Å². The molecular weight excluding hydrogens is 247 g/mol. The summed E-state index contributed by atoms with van der Waals surface area (Å²) < 4.78 is 18.6. The Balaban J connectivity index is 2.37. The van der Waals surface area contributed by atoms with Crippen LogP contribution in [-0.4, -0.2) is 18.2 Å². The summed E-state index contributed by atoms with van der Waals surface area (Å²) in [7, 11) is 1.41. The smallest absolute Gasteiger partial charge is 0.328 e. The highest BCUT2D eigenvalue weighted by Crippen LogP contribution is 2.37. The first-order valence-corrected chi connectivity index (χ1v) is 6.40. The van der Waals surface area contributed by atoms with Gasteiger partial charge in [0.1, 0.15) is 0 Å². The number of carboxylic acid groups (broad SMARTS) is 1. The minimum atomic E-state index is -0.988. The van der Waals surface area contributed by atoms with Gasteiger partial charge in [0.25, 0.3) is 0 Å². The van der Waals surface area contributed by atoms with Crippen molar-refractivity contribution < 1.29 is 19.0 Å². The highest BCUT2D eigenvalue weighted by molar-refractivity contribution is 5.90. The zero-order valence-electron chi connectivity index (χ0n) is 10.9. The molecule has 0 aromatic heterocycles. The molecule has 0 atom stereocenters. The Kier molecular flexibility index (Phi) is 4.20. The van der Waals surface area contributed by atoms with Gasteiger partial charge in [-0.15, -0.1) is 0 Å². The maximum Gasteiger partial charge on any atom is 0.328 e. The largest absolute Gasteiger partial charge is 0.494 e. The number of aliphatic carboxylic acids is 1. The molecule has 1 aliphatic carbocycles. The number of allylic oxidation sites excluding steroid dienone is 1. The molecule has 0 amide bonds. The third-order valence-electron chi connectivity index (χ3n) is 3.56. The van der Waals surface area contributed by atoms with Crippen LogP contribution in [0.2, 0.25) is 0 Å². The highest BCUT2D eigenvalue weighted by atomic mass is 19.1. The molecule has 1 aromatic rings. The number of hydrogen-bond acceptors (Lipinski definition) is 2. The first kappa shape index (κ1) is 13.6. The molecule has 102 valence electrons. The Hall–Kier alpha value is -1.84. The van der Waals surface area contributed by atoms with Gasteiger partial charge in [-0.1, -0.05) is 18.9 Å². The van der Waals surface area contributed by atoms with Crippen LogP contribution in [0.15, 0.2) is 24.3 Å². The fourth-order valence-electron chi connectivity index (χ4n) is 2.65. The number of carboxylic acids is 1. The van der Waals surface area contributed by atoms with Crippen LogP contribution in [0.25, 0.3) is 5.57 Å². The summed E-state index contributed by atoms with van der Waals surface area (Å²) in [6.07, 6.45) is 5.33. The van der Waals surface area contributed by atoms with Crippen LogP contribution in [0.3, 0.4) is 0 Å². The molecule has 0 saturated heterocycles. The van der Waals surface area contributed by atoms with Gasteiger partial charge in [-0.3, -0.25) is 0 Å². The lowest BCUT2D eigenvalue weighted by molar-refractivity contribution is -0.131. The summed E-state index contributed by atoms with van der Waals surface area (Å²) in [6.45, 7) is 0. The predicted octanol–water partition coefficient (Wildman–Crippen LogP) is 3.49. The van der Waals surface area contributed by atoms with Crippen molar-refractivity contribution in [3.05, 3.63) is 35.7 Å². The van der Waals surface area contributed by atoms with Crippen molar-refractivity contribution >= 4 is 11.5 Å². The van der Waals surface area contributed by atoms with Gasteiger partial charge in [0.2, 0.25) is 0 Å². The molecule has 0 unspecified atom stereocenters. The standard InChI is InChI=1S/C15H17FO3/c1-19-14-7-6-11(8-13(14)16)12(9-15(17)18)10-4-2-3-5-10/h6-10H,2-5H2,1H3,(H,17,18)/b12-9+. The molecule has 1 saturated carbocycles. The van der Waals surface area contributed by atoms with Gasteiger partial charge >= 0.3 is 5.97 Å². The van der Waals surface area contributed by atoms with E-state index < -0.39 is 11.8 Å². The second kappa shape index (κ2) is 5.87. The molecule has 0 spiro atoms. The van der Waals surface area contributed by atoms with Gasteiger partial charge in [-0.05, 0) is 42.0 Å². The van der Waals surface area contributed by atoms with Crippen molar-refractivity contribution in [1.29, 1.82) is 0 Å². The molecule has 0 aliphatic heterocycles. The average Bonchev–Trinajstić information content (AvgIpc) is 2.89. The summed E-state index contributed by atoms with van der Waals surface area (Å²) in [5.41, 5.74) is 1.35. The molecule has 1 N–H and O–H groups in total. The predicted molar refractivity (Wildman–Crippen MR) is 70.5 cm³/mol. The van der Waals surface area contributed by atoms with E-state index >= 15 is 0 Å². The second-order valence-electron chi connectivity index (χ2n) is 4.77. The van der Waals surface area contributed by atoms with Gasteiger partial charge < -0.3 is 9.84 Å². The van der Waals surface area contributed by atoms with Crippen LogP contribution in [0.5, 0.6) is 5.75 Å². The van der Waals surface area contributed by atoms with Crippen LogP contribution in [0.4, 0.5) is 4.39 Å². The third kappa shape index (κ3) is 3.13. The molecule has 1 fully saturated rings. The third-order valence-corrected chi connectivity index (χ3v) is 3.56. The summed E-state index contributed by atoms with van der Waals surface area (Å²) >= 11 is 0. The Morgan fingerprint density at radius 1 is 1.42 bits per heavy atom. The number of methoxy groups -OCH3 is 1. The van der Waals surface area contributed by atoms with Crippen LogP contribution in [-0.2, 0) is 4.79 Å². The lowest BCUT2D eigenvalue weighted by atomic mass is 9.90. The maximum atomic E-state index is 13.7. The molecular formula is C15H17FO3. The van der Waals surface area contributed by atoms with Crippen molar-refractivity contribution in [3.8, 4) is 5.75 Å². The number of rotatable bonds is 4. The molecule has 0 bridgehead atoms. The summed E-state index contributed by atoms with van der Waals surface area (Å²) in [5, 5.41) is 8.98. The van der Waals surface area contributed by atoms with Crippen LogP contribution < -0.4 is 4.74 Å². The van der Waals surface area contributed by atoms with E-state index in [0.29, 0.717) is 11.1 Å². The van der Waals surface area contributed by atoms with Crippen molar-refractivity contribution in [2.75, 3.05) is 7.11 Å². The van der Waals surface area contributed by atoms with E-state index in [2.05, 4.69) is 0 Å². The number of carbonyl (C=O) groups is 1. The Labute approximate surface area is 111 Å². The van der Waals surface area contributed by atoms with E-state index in [4.69, 9.17) is 9.84 Å². The van der Waals surface area contributed by atoms with Gasteiger partial charge in [0.05, 0.1) is 7.11 Å². The van der Waals surface area contributed by atoms with Gasteiger partial charge in [-0.2, -0.15) is 0 Å². The normalized spacial score (nSPS) is 16.6. The molecule has 3 nitrogen and oxygen atoms in total. The fraction of sp³-hybridized carbons (Fsp3) is 0.400. The van der Waals surface area contributed by atoms with Crippen LogP contribution in [0, 0.1) is 11.7 Å². The first-order chi connectivity index (χ1) is 9.11. The zero-order valence-corrected chi connectivity index (χ0v) is 10.9. The second-order valence-corrected chi connectivity index (χ2v) is 4.77. The average molecular weight is 264 g/mol. The van der Waals surface area contributed by atoms with Crippen molar-refractivity contribution in [2.45, 2.75) is 25.7 Å². The molecule has 0 heterocycles. The maximum absolute atomic E-state index is 13.7. The van der Waals surface area contributed by atoms with Crippen LogP contribution in [0.1, 0.15) is 31.2 Å². The van der Waals surface area contributed by atoms with Crippen LogP contribution >= 0.6 is 0 Å². The SMILES string of the molecule is COc1ccc(/C(=C/C(=O)O)C2CCCC2)cc1F. The van der Waals surface area contributed by atoms with E-state index in [9.17, 15) is 9.18 Å². The van der Waals surface area contributed by atoms with Gasteiger partial charge in [0, 0.05) is 6.08 Å². The molecule has 4 heteroatoms. The highest BCUT2D eigenvalue weighted by Gasteiger charge is 2.22. The lowest BCUT2D eigenvalue weighted by Gasteiger charge is -2.15. The van der Waals surface area contributed by atoms with E-state index in [-0.39, 0.29) is 11.7 Å². The molecule has 1 aromatic carbocycles. The molecule has 1 aliphatic rings. The minimum absolute atomic E-state index is 0.171. The lowest BCUT2D eigenvalue weighted by Crippen LogP contribution is -2.03. The Morgan fingerprint density at radius 3 is 2.63 bits per heavy atom. The van der Waals surface area contributed by atoms with Crippen molar-refractivity contribution in [1.82, 2.24) is 0 Å². The Bertz CT molecular complexity index is 502. The summed E-state index contributed by atoms with van der Waals surface area (Å²) in [5.74, 6) is -1.07. The Morgan fingerprint density at radius 2 is 2.11 bits per heavy atom. The summed E-state index contributed by atoms with van der Waals surface area (Å²) in [4.78, 5) is 11.0. The fourth-order valence-corrected chi connectivity index (χ4v) is 2.65. The zero-order chi connectivity index (χ0) is 13.8. The number of halogens is 1. The molecule has 0 radical (unpaired) electrons. The number of ether oxygens (including phenoxy) is 1. The summed E-state index contributed by atoms with van der Waals surface area (Å²) in [6, 6.07) is 4.61. The monoisotopic (exact) mass is 264 g/mol.